The van der Waals surface area contributed by atoms with Crippen LogP contribution in [0.2, 0.25) is 5.02 Å². The summed E-state index contributed by atoms with van der Waals surface area (Å²) in [5.74, 6) is -0.652. The first-order valence-corrected chi connectivity index (χ1v) is 9.96. The summed E-state index contributed by atoms with van der Waals surface area (Å²) in [5, 5.41) is 8.74. The third-order valence-corrected chi connectivity index (χ3v) is 5.53. The summed E-state index contributed by atoms with van der Waals surface area (Å²) < 4.78 is 36.2. The molecular formula is C20H22ClF2N5O. The molecule has 6 nitrogen and oxygen atoms in total. The summed E-state index contributed by atoms with van der Waals surface area (Å²) in [7, 11) is 0. The van der Waals surface area contributed by atoms with E-state index in [4.69, 9.17) is 16.3 Å². The lowest BCUT2D eigenvalue weighted by atomic mass is 9.89. The molecule has 1 aliphatic rings. The van der Waals surface area contributed by atoms with Crippen molar-refractivity contribution in [1.29, 1.82) is 0 Å². The van der Waals surface area contributed by atoms with Crippen LogP contribution >= 0.6 is 11.6 Å². The van der Waals surface area contributed by atoms with E-state index < -0.39 is 23.0 Å². The van der Waals surface area contributed by atoms with Crippen LogP contribution < -0.4 is 4.74 Å². The highest BCUT2D eigenvalue weighted by molar-refractivity contribution is 6.30. The standard InChI is InChI=1S/C20H22ClF2N5O/c1-4-28-18(11-5-6-15-16(7-11)25-10-24-15)26-27-19(28)20(2,3)29-17-13(22)8-12(21)9-14(17)23/h8-11H,4-7H2,1-3H3,(H,24,25). The van der Waals surface area contributed by atoms with Gasteiger partial charge in [0, 0.05) is 23.2 Å². The average molecular weight is 422 g/mol. The van der Waals surface area contributed by atoms with E-state index in [9.17, 15) is 8.78 Å². The predicted molar refractivity (Wildman–Crippen MR) is 104 cm³/mol. The molecule has 1 unspecified atom stereocenters. The number of fused-ring (bicyclic) bond motifs is 1. The Morgan fingerprint density at radius 1 is 1.28 bits per heavy atom. The Kier molecular flexibility index (Phi) is 5.06. The van der Waals surface area contributed by atoms with Gasteiger partial charge in [-0.15, -0.1) is 10.2 Å². The van der Waals surface area contributed by atoms with E-state index in [-0.39, 0.29) is 10.9 Å². The molecule has 1 atom stereocenters. The summed E-state index contributed by atoms with van der Waals surface area (Å²) in [4.78, 5) is 7.54. The van der Waals surface area contributed by atoms with Crippen LogP contribution in [0.25, 0.3) is 0 Å². The number of halogens is 3. The number of aryl methyl sites for hydroxylation is 1. The molecule has 154 valence electrons. The molecule has 0 radical (unpaired) electrons. The Balaban J connectivity index is 1.65. The largest absolute Gasteiger partial charge is 0.474 e. The Morgan fingerprint density at radius 2 is 2.00 bits per heavy atom. The highest BCUT2D eigenvalue weighted by Gasteiger charge is 2.35. The first-order chi connectivity index (χ1) is 13.8. The summed E-state index contributed by atoms with van der Waals surface area (Å²) in [5.41, 5.74) is 1.11. The zero-order valence-corrected chi connectivity index (χ0v) is 17.2. The summed E-state index contributed by atoms with van der Waals surface area (Å²) in [6.07, 6.45) is 4.30. The molecule has 0 aliphatic heterocycles. The molecule has 0 spiro atoms. The number of aromatic nitrogens is 5. The normalized spacial score (nSPS) is 16.7. The van der Waals surface area contributed by atoms with Crippen LogP contribution in [0.4, 0.5) is 8.78 Å². The molecule has 0 saturated carbocycles. The molecule has 2 aromatic heterocycles. The summed E-state index contributed by atoms with van der Waals surface area (Å²) in [6, 6.07) is 2.05. The number of nitrogens with one attached hydrogen (secondary N) is 1. The van der Waals surface area contributed by atoms with Gasteiger partial charge in [-0.3, -0.25) is 0 Å². The molecule has 9 heteroatoms. The molecule has 3 aromatic rings. The van der Waals surface area contributed by atoms with E-state index >= 15 is 0 Å². The summed E-state index contributed by atoms with van der Waals surface area (Å²) >= 11 is 5.71. The Bertz CT molecular complexity index is 1020. The predicted octanol–water partition coefficient (Wildman–Crippen LogP) is 4.54. The SMILES string of the molecule is CCn1c(C2CCc3nc[nH]c3C2)nnc1C(C)(C)Oc1c(F)cc(Cl)cc1F. The van der Waals surface area contributed by atoms with Gasteiger partial charge in [0.1, 0.15) is 5.82 Å². The van der Waals surface area contributed by atoms with Gasteiger partial charge >= 0.3 is 0 Å². The maximum absolute atomic E-state index is 14.2. The van der Waals surface area contributed by atoms with Gasteiger partial charge in [0.05, 0.1) is 12.0 Å². The van der Waals surface area contributed by atoms with Gasteiger partial charge in [-0.1, -0.05) is 11.6 Å². The molecule has 1 aliphatic carbocycles. The van der Waals surface area contributed by atoms with Crippen molar-refractivity contribution < 1.29 is 13.5 Å². The van der Waals surface area contributed by atoms with E-state index in [0.717, 1.165) is 48.6 Å². The second kappa shape index (κ2) is 7.40. The Morgan fingerprint density at radius 3 is 2.69 bits per heavy atom. The van der Waals surface area contributed by atoms with Crippen molar-refractivity contribution in [3.8, 4) is 5.75 Å². The van der Waals surface area contributed by atoms with E-state index in [0.29, 0.717) is 12.4 Å². The minimum absolute atomic E-state index is 0.0281. The van der Waals surface area contributed by atoms with Crippen LogP contribution in [0, 0.1) is 11.6 Å². The molecule has 4 rings (SSSR count). The quantitative estimate of drug-likeness (QED) is 0.656. The number of ether oxygens (including phenoxy) is 1. The maximum atomic E-state index is 14.2. The van der Waals surface area contributed by atoms with Gasteiger partial charge in [-0.2, -0.15) is 0 Å². The maximum Gasteiger partial charge on any atom is 0.192 e. The van der Waals surface area contributed by atoms with E-state index in [1.54, 1.807) is 20.2 Å². The number of hydrogen-bond donors (Lipinski definition) is 1. The van der Waals surface area contributed by atoms with Crippen molar-refractivity contribution >= 4 is 11.6 Å². The van der Waals surface area contributed by atoms with Gasteiger partial charge in [-0.25, -0.2) is 13.8 Å². The first-order valence-electron chi connectivity index (χ1n) is 9.58. The summed E-state index contributed by atoms with van der Waals surface area (Å²) in [6.45, 7) is 6.03. The highest BCUT2D eigenvalue weighted by Crippen LogP contribution is 2.35. The van der Waals surface area contributed by atoms with Crippen LogP contribution in [0.3, 0.4) is 0 Å². The minimum Gasteiger partial charge on any atom is -0.474 e. The van der Waals surface area contributed by atoms with Crippen molar-refractivity contribution in [2.45, 2.75) is 58.1 Å². The monoisotopic (exact) mass is 421 g/mol. The fraction of sp³-hybridized carbons (Fsp3) is 0.450. The van der Waals surface area contributed by atoms with E-state index in [2.05, 4.69) is 20.2 Å². The van der Waals surface area contributed by atoms with Crippen molar-refractivity contribution in [1.82, 2.24) is 24.7 Å². The van der Waals surface area contributed by atoms with Crippen molar-refractivity contribution in [3.05, 3.63) is 58.2 Å². The number of aromatic amines is 1. The zero-order chi connectivity index (χ0) is 20.8. The second-order valence-corrected chi connectivity index (χ2v) is 8.14. The zero-order valence-electron chi connectivity index (χ0n) is 16.5. The number of benzene rings is 1. The minimum atomic E-state index is -1.11. The lowest BCUT2D eigenvalue weighted by molar-refractivity contribution is 0.0823. The number of H-pyrrole nitrogens is 1. The van der Waals surface area contributed by atoms with Gasteiger partial charge in [-0.05, 0) is 52.2 Å². The molecular weight excluding hydrogens is 400 g/mol. The molecule has 0 fully saturated rings. The van der Waals surface area contributed by atoms with Crippen LogP contribution in [-0.2, 0) is 25.0 Å². The van der Waals surface area contributed by atoms with Crippen LogP contribution in [-0.4, -0.2) is 24.7 Å². The van der Waals surface area contributed by atoms with Crippen molar-refractivity contribution in [2.24, 2.45) is 0 Å². The highest BCUT2D eigenvalue weighted by atomic mass is 35.5. The molecule has 1 N–H and O–H groups in total. The molecule has 29 heavy (non-hydrogen) atoms. The van der Waals surface area contributed by atoms with Gasteiger partial charge < -0.3 is 14.3 Å². The molecule has 0 saturated heterocycles. The number of hydrogen-bond acceptors (Lipinski definition) is 4. The smallest absolute Gasteiger partial charge is 0.192 e. The lowest BCUT2D eigenvalue weighted by Crippen LogP contribution is -2.31. The third kappa shape index (κ3) is 3.61. The number of nitrogens with zero attached hydrogens (tertiary/aromatic N) is 4. The topological polar surface area (TPSA) is 68.6 Å². The molecule has 2 heterocycles. The Hall–Kier alpha value is -2.48. The van der Waals surface area contributed by atoms with Gasteiger partial charge in [0.15, 0.2) is 28.8 Å². The van der Waals surface area contributed by atoms with Crippen molar-refractivity contribution in [3.63, 3.8) is 0 Å². The molecule has 0 amide bonds. The average Bonchev–Trinajstić information content (AvgIpc) is 3.30. The molecule has 0 bridgehead atoms. The molecule has 1 aromatic carbocycles. The van der Waals surface area contributed by atoms with Crippen LogP contribution in [0.15, 0.2) is 18.5 Å². The van der Waals surface area contributed by atoms with Crippen LogP contribution in [0.1, 0.15) is 56.1 Å². The first kappa shape index (κ1) is 19.8. The lowest BCUT2D eigenvalue weighted by Gasteiger charge is -2.28. The fourth-order valence-electron chi connectivity index (χ4n) is 3.92. The van der Waals surface area contributed by atoms with Crippen LogP contribution in [0.5, 0.6) is 5.75 Å². The van der Waals surface area contributed by atoms with Gasteiger partial charge in [0.2, 0.25) is 0 Å². The fourth-order valence-corrected chi connectivity index (χ4v) is 4.11. The van der Waals surface area contributed by atoms with Crippen molar-refractivity contribution in [2.75, 3.05) is 0 Å². The second-order valence-electron chi connectivity index (χ2n) is 7.70. The van der Waals surface area contributed by atoms with E-state index in [1.165, 1.54) is 0 Å². The van der Waals surface area contributed by atoms with Gasteiger partial charge in [0.25, 0.3) is 0 Å². The third-order valence-electron chi connectivity index (χ3n) is 5.31. The Labute approximate surface area is 172 Å². The van der Waals surface area contributed by atoms with E-state index in [1.807, 2.05) is 11.5 Å². The number of imidazole rings is 1. The number of rotatable bonds is 5.